The zero-order chi connectivity index (χ0) is 11.9. The third-order valence-electron chi connectivity index (χ3n) is 2.26. The van der Waals surface area contributed by atoms with Crippen molar-refractivity contribution in [1.82, 2.24) is 14.7 Å². The lowest BCUT2D eigenvalue weighted by Gasteiger charge is -2.02. The maximum Gasteiger partial charge on any atom is 0.269 e. The Morgan fingerprint density at radius 2 is 2.19 bits per heavy atom. The fourth-order valence-corrected chi connectivity index (χ4v) is 2.09. The summed E-state index contributed by atoms with van der Waals surface area (Å²) in [5, 5.41) is 3.43. The van der Waals surface area contributed by atoms with Crippen molar-refractivity contribution in [2.75, 3.05) is 7.05 Å². The number of amides is 1. The lowest BCUT2D eigenvalue weighted by Crippen LogP contribution is -2.20. The summed E-state index contributed by atoms with van der Waals surface area (Å²) in [5.74, 6) is -0.219. The van der Waals surface area contributed by atoms with Crippen molar-refractivity contribution in [2.24, 2.45) is 0 Å². The van der Waals surface area contributed by atoms with Crippen LogP contribution in [0.15, 0.2) is 12.3 Å². The number of rotatable bonds is 1. The summed E-state index contributed by atoms with van der Waals surface area (Å²) < 4.78 is 1.60. The second-order valence-electron chi connectivity index (χ2n) is 3.32. The van der Waals surface area contributed by atoms with Crippen LogP contribution in [0.3, 0.4) is 0 Å². The number of pyridine rings is 1. The normalized spacial score (nSPS) is 10.8. The lowest BCUT2D eigenvalue weighted by atomic mass is 10.3. The summed E-state index contributed by atoms with van der Waals surface area (Å²) in [6.07, 6.45) is 1.62. The minimum absolute atomic E-state index is 0.219. The summed E-state index contributed by atoms with van der Waals surface area (Å²) >= 11 is 11.9. The first-order chi connectivity index (χ1) is 7.54. The maximum atomic E-state index is 11.7. The molecule has 2 aromatic rings. The third kappa shape index (κ3) is 1.64. The number of hydrogen-bond acceptors (Lipinski definition) is 2. The van der Waals surface area contributed by atoms with E-state index >= 15 is 0 Å². The third-order valence-corrected chi connectivity index (χ3v) is 2.74. The molecular formula is C10H9Cl2N3O. The van der Waals surface area contributed by atoms with Gasteiger partial charge in [-0.15, -0.1) is 0 Å². The molecule has 4 nitrogen and oxygen atoms in total. The summed E-state index contributed by atoms with van der Waals surface area (Å²) in [7, 11) is 1.56. The monoisotopic (exact) mass is 257 g/mol. The highest BCUT2D eigenvalue weighted by Crippen LogP contribution is 2.24. The van der Waals surface area contributed by atoms with Gasteiger partial charge in [-0.25, -0.2) is 4.98 Å². The molecule has 1 amide bonds. The summed E-state index contributed by atoms with van der Waals surface area (Å²) in [4.78, 5) is 15.9. The van der Waals surface area contributed by atoms with Crippen LogP contribution in [0.2, 0.25) is 10.0 Å². The molecule has 0 fully saturated rings. The van der Waals surface area contributed by atoms with Crippen LogP contribution >= 0.6 is 23.2 Å². The molecule has 0 unspecified atom stereocenters. The van der Waals surface area contributed by atoms with Gasteiger partial charge < -0.3 is 5.32 Å². The van der Waals surface area contributed by atoms with Gasteiger partial charge in [-0.3, -0.25) is 9.20 Å². The molecule has 84 valence electrons. The topological polar surface area (TPSA) is 46.4 Å². The first kappa shape index (κ1) is 11.2. The minimum Gasteiger partial charge on any atom is -0.354 e. The molecule has 1 N–H and O–H groups in total. The quantitative estimate of drug-likeness (QED) is 0.853. The molecule has 0 aliphatic carbocycles. The zero-order valence-electron chi connectivity index (χ0n) is 8.71. The number of aryl methyl sites for hydroxylation is 1. The van der Waals surface area contributed by atoms with Crippen molar-refractivity contribution in [2.45, 2.75) is 6.92 Å². The summed E-state index contributed by atoms with van der Waals surface area (Å²) in [5.41, 5.74) is 1.59. The van der Waals surface area contributed by atoms with E-state index in [2.05, 4.69) is 10.3 Å². The number of fused-ring (bicyclic) bond motifs is 1. The van der Waals surface area contributed by atoms with E-state index in [0.29, 0.717) is 27.1 Å². The van der Waals surface area contributed by atoms with E-state index in [9.17, 15) is 4.79 Å². The van der Waals surface area contributed by atoms with E-state index in [1.54, 1.807) is 30.6 Å². The zero-order valence-corrected chi connectivity index (χ0v) is 10.2. The molecule has 0 spiro atoms. The molecule has 0 aromatic carbocycles. The second kappa shape index (κ2) is 3.96. The van der Waals surface area contributed by atoms with Crippen molar-refractivity contribution >= 4 is 34.8 Å². The van der Waals surface area contributed by atoms with Crippen molar-refractivity contribution in [3.05, 3.63) is 33.7 Å². The Hall–Kier alpha value is -1.26. The van der Waals surface area contributed by atoms with Crippen LogP contribution in [0.5, 0.6) is 0 Å². The highest BCUT2D eigenvalue weighted by atomic mass is 35.5. The van der Waals surface area contributed by atoms with Gasteiger partial charge in [0.1, 0.15) is 5.69 Å². The second-order valence-corrected chi connectivity index (χ2v) is 4.17. The van der Waals surface area contributed by atoms with Crippen molar-refractivity contribution in [3.63, 3.8) is 0 Å². The van der Waals surface area contributed by atoms with Gasteiger partial charge in [0.25, 0.3) is 5.91 Å². The number of carbonyl (C=O) groups is 1. The number of imidazole rings is 1. The van der Waals surface area contributed by atoms with Crippen molar-refractivity contribution < 1.29 is 4.79 Å². The predicted octanol–water partition coefficient (Wildman–Crippen LogP) is 2.31. The van der Waals surface area contributed by atoms with E-state index in [1.807, 2.05) is 0 Å². The summed E-state index contributed by atoms with van der Waals surface area (Å²) in [6.45, 7) is 1.75. The Kier molecular flexibility index (Phi) is 2.78. The van der Waals surface area contributed by atoms with Gasteiger partial charge >= 0.3 is 0 Å². The first-order valence-corrected chi connectivity index (χ1v) is 5.36. The van der Waals surface area contributed by atoms with Gasteiger partial charge in [0.05, 0.1) is 15.7 Å². The highest BCUT2D eigenvalue weighted by Gasteiger charge is 2.17. The molecule has 2 heterocycles. The Morgan fingerprint density at radius 1 is 1.50 bits per heavy atom. The molecule has 2 rings (SSSR count). The van der Waals surface area contributed by atoms with E-state index in [4.69, 9.17) is 23.2 Å². The smallest absolute Gasteiger partial charge is 0.269 e. The lowest BCUT2D eigenvalue weighted by molar-refractivity contribution is 0.0956. The van der Waals surface area contributed by atoms with Gasteiger partial charge in [0.2, 0.25) is 0 Å². The molecular weight excluding hydrogens is 249 g/mol. The number of aromatic nitrogens is 2. The minimum atomic E-state index is -0.219. The predicted molar refractivity (Wildman–Crippen MR) is 63.3 cm³/mol. The van der Waals surface area contributed by atoms with Crippen LogP contribution in [0.4, 0.5) is 0 Å². The molecule has 0 aliphatic heterocycles. The largest absolute Gasteiger partial charge is 0.354 e. The Bertz CT molecular complexity index is 577. The molecule has 0 bridgehead atoms. The molecule has 16 heavy (non-hydrogen) atoms. The summed E-state index contributed by atoms with van der Waals surface area (Å²) in [6, 6.07) is 1.60. The molecule has 0 saturated carbocycles. The standard InChI is InChI=1S/C10H9Cl2N3O/c1-5-8(10(16)13-2)15-4-6(11)3-7(12)9(15)14-5/h3-4H,1-2H3,(H,13,16). The Balaban J connectivity index is 2.83. The molecule has 2 aromatic heterocycles. The molecule has 6 heteroatoms. The number of nitrogens with one attached hydrogen (secondary N) is 1. The Morgan fingerprint density at radius 3 is 2.81 bits per heavy atom. The van der Waals surface area contributed by atoms with Gasteiger partial charge in [0.15, 0.2) is 5.65 Å². The average Bonchev–Trinajstić information content (AvgIpc) is 2.54. The number of carbonyl (C=O) groups excluding carboxylic acids is 1. The van der Waals surface area contributed by atoms with E-state index in [1.165, 1.54) is 0 Å². The number of hydrogen-bond donors (Lipinski definition) is 1. The van der Waals surface area contributed by atoms with Crippen LogP contribution in [0.25, 0.3) is 5.65 Å². The van der Waals surface area contributed by atoms with Crippen molar-refractivity contribution in [1.29, 1.82) is 0 Å². The molecule has 0 aliphatic rings. The van der Waals surface area contributed by atoms with E-state index in [-0.39, 0.29) is 5.91 Å². The van der Waals surface area contributed by atoms with Gasteiger partial charge in [-0.2, -0.15) is 0 Å². The van der Waals surface area contributed by atoms with Crippen LogP contribution in [-0.4, -0.2) is 22.3 Å². The fraction of sp³-hybridized carbons (Fsp3) is 0.200. The average molecular weight is 258 g/mol. The van der Waals surface area contributed by atoms with E-state index in [0.717, 1.165) is 0 Å². The highest BCUT2D eigenvalue weighted by molar-refractivity contribution is 6.36. The molecule has 0 saturated heterocycles. The number of nitrogens with zero attached hydrogens (tertiary/aromatic N) is 2. The first-order valence-electron chi connectivity index (χ1n) is 4.60. The van der Waals surface area contributed by atoms with Crippen LogP contribution in [0.1, 0.15) is 16.2 Å². The van der Waals surface area contributed by atoms with Crippen LogP contribution in [-0.2, 0) is 0 Å². The molecule has 0 radical (unpaired) electrons. The number of halogens is 2. The maximum absolute atomic E-state index is 11.7. The van der Waals surface area contributed by atoms with Gasteiger partial charge in [-0.1, -0.05) is 23.2 Å². The van der Waals surface area contributed by atoms with Gasteiger partial charge in [0, 0.05) is 13.2 Å². The van der Waals surface area contributed by atoms with Crippen LogP contribution in [0, 0.1) is 6.92 Å². The van der Waals surface area contributed by atoms with Crippen molar-refractivity contribution in [3.8, 4) is 0 Å². The SMILES string of the molecule is CNC(=O)c1c(C)nc2c(Cl)cc(Cl)cn12. The van der Waals surface area contributed by atoms with Crippen LogP contribution < -0.4 is 5.32 Å². The van der Waals surface area contributed by atoms with E-state index < -0.39 is 0 Å². The Labute approximate surface area is 102 Å². The van der Waals surface area contributed by atoms with Gasteiger partial charge in [-0.05, 0) is 13.0 Å². The molecule has 0 atom stereocenters. The fourth-order valence-electron chi connectivity index (χ4n) is 1.58.